The molecule has 1 aliphatic heterocycles. The summed E-state index contributed by atoms with van der Waals surface area (Å²) in [5.74, 6) is -0.342. The van der Waals surface area contributed by atoms with Crippen molar-refractivity contribution in [2.45, 2.75) is 26.3 Å². The number of carbonyl (C=O) groups is 3. The first kappa shape index (κ1) is 15.2. The number of hydroxylamine groups is 1. The van der Waals surface area contributed by atoms with Crippen LogP contribution in [0.25, 0.3) is 0 Å². The molecule has 1 heterocycles. The van der Waals surface area contributed by atoms with Crippen molar-refractivity contribution in [3.63, 3.8) is 0 Å². The Morgan fingerprint density at radius 3 is 2.24 bits per heavy atom. The van der Waals surface area contributed by atoms with Crippen LogP contribution in [0.3, 0.4) is 0 Å². The Bertz CT molecular complexity index is 521. The highest BCUT2D eigenvalue weighted by Crippen LogP contribution is 2.26. The third-order valence-electron chi connectivity index (χ3n) is 3.34. The molecule has 0 bridgehead atoms. The first-order valence-electron chi connectivity index (χ1n) is 6.84. The normalized spacial score (nSPS) is 15.3. The molecule has 0 aliphatic carbocycles. The molecule has 21 heavy (non-hydrogen) atoms. The van der Waals surface area contributed by atoms with Crippen molar-refractivity contribution in [2.24, 2.45) is 5.92 Å². The summed E-state index contributed by atoms with van der Waals surface area (Å²) >= 11 is 0. The SMILES string of the molecule is CC(C)C[C@@H](CONC=O)N1C(=O)c2ccccc2C1=O. The molecule has 1 atom stereocenters. The number of amides is 3. The van der Waals surface area contributed by atoms with Gasteiger partial charge in [0.2, 0.25) is 6.41 Å². The minimum Gasteiger partial charge on any atom is -0.277 e. The van der Waals surface area contributed by atoms with Crippen molar-refractivity contribution in [3.8, 4) is 0 Å². The van der Waals surface area contributed by atoms with E-state index in [9.17, 15) is 14.4 Å². The molecule has 1 aromatic carbocycles. The van der Waals surface area contributed by atoms with Crippen molar-refractivity contribution in [1.82, 2.24) is 10.4 Å². The summed E-state index contributed by atoms with van der Waals surface area (Å²) in [5, 5.41) is 0. The topological polar surface area (TPSA) is 75.7 Å². The maximum atomic E-state index is 12.4. The Kier molecular flexibility index (Phi) is 4.70. The number of hydrogen-bond donors (Lipinski definition) is 1. The molecule has 3 amide bonds. The number of benzene rings is 1. The zero-order chi connectivity index (χ0) is 15.4. The number of imide groups is 1. The minimum atomic E-state index is -0.412. The molecule has 0 saturated carbocycles. The third-order valence-corrected chi connectivity index (χ3v) is 3.34. The van der Waals surface area contributed by atoms with Crippen LogP contribution in [0.2, 0.25) is 0 Å². The third kappa shape index (κ3) is 3.11. The van der Waals surface area contributed by atoms with Gasteiger partial charge in [0.1, 0.15) is 0 Å². The molecule has 1 N–H and O–H groups in total. The summed E-state index contributed by atoms with van der Waals surface area (Å²) in [7, 11) is 0. The smallest absolute Gasteiger partial charge is 0.261 e. The van der Waals surface area contributed by atoms with Gasteiger partial charge in [-0.1, -0.05) is 26.0 Å². The molecule has 112 valence electrons. The van der Waals surface area contributed by atoms with Crippen LogP contribution in [0.15, 0.2) is 24.3 Å². The molecule has 2 rings (SSSR count). The van der Waals surface area contributed by atoms with E-state index in [0.29, 0.717) is 24.0 Å². The highest BCUT2D eigenvalue weighted by molar-refractivity contribution is 6.21. The second-order valence-electron chi connectivity index (χ2n) is 5.36. The van der Waals surface area contributed by atoms with Crippen molar-refractivity contribution in [3.05, 3.63) is 35.4 Å². The van der Waals surface area contributed by atoms with Gasteiger partial charge in [0.25, 0.3) is 11.8 Å². The van der Waals surface area contributed by atoms with Gasteiger partial charge < -0.3 is 0 Å². The van der Waals surface area contributed by atoms with Gasteiger partial charge in [0.15, 0.2) is 0 Å². The Hall–Kier alpha value is -2.21. The number of nitrogens with zero attached hydrogens (tertiary/aromatic N) is 1. The van der Waals surface area contributed by atoms with E-state index in [2.05, 4.69) is 5.48 Å². The Balaban J connectivity index is 2.22. The van der Waals surface area contributed by atoms with E-state index < -0.39 is 6.04 Å². The maximum Gasteiger partial charge on any atom is 0.261 e. The molecule has 0 unspecified atom stereocenters. The number of nitrogens with one attached hydrogen (secondary N) is 1. The van der Waals surface area contributed by atoms with Gasteiger partial charge in [-0.2, -0.15) is 0 Å². The van der Waals surface area contributed by atoms with Crippen LogP contribution < -0.4 is 5.48 Å². The fourth-order valence-electron chi connectivity index (χ4n) is 2.51. The summed E-state index contributed by atoms with van der Waals surface area (Å²) in [6, 6.07) is 6.34. The fraction of sp³-hybridized carbons (Fsp3) is 0.400. The molecular weight excluding hydrogens is 272 g/mol. The second kappa shape index (κ2) is 6.49. The van der Waals surface area contributed by atoms with E-state index in [4.69, 9.17) is 4.84 Å². The Morgan fingerprint density at radius 1 is 1.19 bits per heavy atom. The van der Waals surface area contributed by atoms with E-state index in [0.717, 1.165) is 0 Å². The highest BCUT2D eigenvalue weighted by Gasteiger charge is 2.39. The number of hydrogen-bond acceptors (Lipinski definition) is 4. The van der Waals surface area contributed by atoms with Crippen LogP contribution in [0, 0.1) is 5.92 Å². The number of fused-ring (bicyclic) bond motifs is 1. The maximum absolute atomic E-state index is 12.4. The van der Waals surface area contributed by atoms with E-state index in [-0.39, 0.29) is 24.3 Å². The first-order chi connectivity index (χ1) is 10.1. The molecule has 0 aromatic heterocycles. The summed E-state index contributed by atoms with van der Waals surface area (Å²) in [4.78, 5) is 41.3. The fourth-order valence-corrected chi connectivity index (χ4v) is 2.51. The molecule has 1 aromatic rings. The summed E-state index contributed by atoms with van der Waals surface area (Å²) in [6.07, 6.45) is 1.01. The average molecular weight is 290 g/mol. The Morgan fingerprint density at radius 2 is 1.76 bits per heavy atom. The molecular formula is C15H18N2O4. The lowest BCUT2D eigenvalue weighted by molar-refractivity contribution is -0.121. The quantitative estimate of drug-likeness (QED) is 0.356. The standard InChI is InChI=1S/C15H18N2O4/c1-10(2)7-11(8-21-16-9-18)17-14(19)12-5-3-4-6-13(12)15(17)20/h3-6,9-11H,7-8H2,1-2H3,(H,16,18)/t11-/m0/s1. The lowest BCUT2D eigenvalue weighted by Gasteiger charge is -2.27. The highest BCUT2D eigenvalue weighted by atomic mass is 16.6. The molecule has 0 saturated heterocycles. The van der Waals surface area contributed by atoms with Gasteiger partial charge in [-0.05, 0) is 24.5 Å². The molecule has 1 aliphatic rings. The van der Waals surface area contributed by atoms with Crippen LogP contribution in [-0.4, -0.2) is 35.8 Å². The van der Waals surface area contributed by atoms with Crippen LogP contribution in [0.4, 0.5) is 0 Å². The predicted molar refractivity (Wildman–Crippen MR) is 75.3 cm³/mol. The summed E-state index contributed by atoms with van der Waals surface area (Å²) in [6.45, 7) is 4.07. The van der Waals surface area contributed by atoms with E-state index >= 15 is 0 Å². The number of carbonyl (C=O) groups excluding carboxylic acids is 3. The molecule has 6 heteroatoms. The van der Waals surface area contributed by atoms with E-state index in [1.54, 1.807) is 24.3 Å². The monoisotopic (exact) mass is 290 g/mol. The van der Waals surface area contributed by atoms with Gasteiger partial charge in [0, 0.05) is 0 Å². The van der Waals surface area contributed by atoms with Crippen LogP contribution >= 0.6 is 0 Å². The predicted octanol–water partition coefficient (Wildman–Crippen LogP) is 1.37. The van der Waals surface area contributed by atoms with Crippen molar-refractivity contribution < 1.29 is 19.2 Å². The van der Waals surface area contributed by atoms with Crippen molar-refractivity contribution in [2.75, 3.05) is 6.61 Å². The van der Waals surface area contributed by atoms with Gasteiger partial charge in [-0.25, -0.2) is 5.48 Å². The second-order valence-corrected chi connectivity index (χ2v) is 5.36. The minimum absolute atomic E-state index is 0.0718. The van der Waals surface area contributed by atoms with Crippen LogP contribution in [-0.2, 0) is 9.63 Å². The summed E-state index contributed by atoms with van der Waals surface area (Å²) < 4.78 is 0. The number of rotatable bonds is 7. The van der Waals surface area contributed by atoms with Gasteiger partial charge in [-0.3, -0.25) is 24.1 Å². The van der Waals surface area contributed by atoms with E-state index in [1.807, 2.05) is 13.8 Å². The summed E-state index contributed by atoms with van der Waals surface area (Å²) in [5.41, 5.74) is 2.93. The molecule has 0 radical (unpaired) electrons. The van der Waals surface area contributed by atoms with Gasteiger partial charge in [0.05, 0.1) is 23.8 Å². The van der Waals surface area contributed by atoms with Crippen LogP contribution in [0.1, 0.15) is 41.0 Å². The van der Waals surface area contributed by atoms with Gasteiger partial charge in [-0.15, -0.1) is 0 Å². The zero-order valence-electron chi connectivity index (χ0n) is 12.0. The lowest BCUT2D eigenvalue weighted by Crippen LogP contribution is -2.44. The van der Waals surface area contributed by atoms with E-state index in [1.165, 1.54) is 4.90 Å². The van der Waals surface area contributed by atoms with Crippen molar-refractivity contribution >= 4 is 18.2 Å². The molecule has 0 fully saturated rings. The molecule has 6 nitrogen and oxygen atoms in total. The largest absolute Gasteiger partial charge is 0.277 e. The van der Waals surface area contributed by atoms with Gasteiger partial charge >= 0.3 is 0 Å². The zero-order valence-corrected chi connectivity index (χ0v) is 12.0. The lowest BCUT2D eigenvalue weighted by atomic mass is 10.0. The van der Waals surface area contributed by atoms with Crippen molar-refractivity contribution in [1.29, 1.82) is 0 Å². The average Bonchev–Trinajstić information content (AvgIpc) is 2.70. The first-order valence-corrected chi connectivity index (χ1v) is 6.84. The van der Waals surface area contributed by atoms with Crippen LogP contribution in [0.5, 0.6) is 0 Å². The molecule has 0 spiro atoms. The Labute approximate surface area is 123 Å².